The zero-order valence-corrected chi connectivity index (χ0v) is 8.39. The molecule has 1 aromatic rings. The predicted octanol–water partition coefficient (Wildman–Crippen LogP) is 0.0370. The minimum absolute atomic E-state index is 0.0226. The number of aliphatic hydroxyl groups excluding tert-OH is 2. The van der Waals surface area contributed by atoms with Crippen molar-refractivity contribution in [2.45, 2.75) is 24.9 Å². The standard InChI is InChI=1S/C9H12N2O5/c12-5-8-7(13)3-9(16-8)10-2-1-6(4-10)11(14)15/h1-2,4,7-9,12-13H,3,5H2/t7-,8+,9-/m0/s1. The Labute approximate surface area is 91.0 Å². The Bertz CT molecular complexity index is 391. The van der Waals surface area contributed by atoms with Crippen LogP contribution in [0.5, 0.6) is 0 Å². The zero-order valence-electron chi connectivity index (χ0n) is 8.39. The molecule has 0 unspecified atom stereocenters. The van der Waals surface area contributed by atoms with Crippen molar-refractivity contribution in [3.05, 3.63) is 28.6 Å². The summed E-state index contributed by atoms with van der Waals surface area (Å²) < 4.78 is 6.87. The lowest BCUT2D eigenvalue weighted by molar-refractivity contribution is -0.384. The first-order chi connectivity index (χ1) is 7.61. The van der Waals surface area contributed by atoms with E-state index in [1.165, 1.54) is 23.0 Å². The molecule has 2 heterocycles. The summed E-state index contributed by atoms with van der Waals surface area (Å²) in [4.78, 5) is 9.98. The number of aromatic nitrogens is 1. The van der Waals surface area contributed by atoms with E-state index in [9.17, 15) is 15.2 Å². The molecule has 0 aliphatic carbocycles. The number of rotatable bonds is 3. The quantitative estimate of drug-likeness (QED) is 0.562. The van der Waals surface area contributed by atoms with Gasteiger partial charge in [-0.3, -0.25) is 10.1 Å². The highest BCUT2D eigenvalue weighted by atomic mass is 16.6. The summed E-state index contributed by atoms with van der Waals surface area (Å²) in [7, 11) is 0. The van der Waals surface area contributed by atoms with Gasteiger partial charge >= 0.3 is 0 Å². The third kappa shape index (κ3) is 1.92. The topological polar surface area (TPSA) is 97.8 Å². The van der Waals surface area contributed by atoms with Gasteiger partial charge in [0.15, 0.2) is 0 Å². The molecule has 7 nitrogen and oxygen atoms in total. The van der Waals surface area contributed by atoms with E-state index < -0.39 is 23.4 Å². The normalized spacial score (nSPS) is 29.5. The molecule has 16 heavy (non-hydrogen) atoms. The van der Waals surface area contributed by atoms with Gasteiger partial charge in [0.25, 0.3) is 5.69 Å². The summed E-state index contributed by atoms with van der Waals surface area (Å²) >= 11 is 0. The van der Waals surface area contributed by atoms with Crippen LogP contribution in [0.25, 0.3) is 0 Å². The monoisotopic (exact) mass is 228 g/mol. The molecule has 0 spiro atoms. The van der Waals surface area contributed by atoms with Crippen molar-refractivity contribution < 1.29 is 19.9 Å². The first-order valence-electron chi connectivity index (χ1n) is 4.88. The Morgan fingerprint density at radius 2 is 2.44 bits per heavy atom. The van der Waals surface area contributed by atoms with Crippen molar-refractivity contribution in [1.82, 2.24) is 4.57 Å². The second-order valence-corrected chi connectivity index (χ2v) is 3.69. The molecule has 0 bridgehead atoms. The van der Waals surface area contributed by atoms with Gasteiger partial charge in [-0.05, 0) is 0 Å². The highest BCUT2D eigenvalue weighted by Crippen LogP contribution is 2.29. The van der Waals surface area contributed by atoms with Gasteiger partial charge < -0.3 is 19.5 Å². The van der Waals surface area contributed by atoms with Gasteiger partial charge in [-0.15, -0.1) is 0 Å². The molecule has 0 amide bonds. The third-order valence-electron chi connectivity index (χ3n) is 2.63. The fourth-order valence-electron chi connectivity index (χ4n) is 1.75. The van der Waals surface area contributed by atoms with Crippen LogP contribution < -0.4 is 0 Å². The van der Waals surface area contributed by atoms with E-state index in [0.29, 0.717) is 6.42 Å². The van der Waals surface area contributed by atoms with Crippen molar-refractivity contribution in [3.8, 4) is 0 Å². The minimum atomic E-state index is -0.739. The number of nitro groups is 1. The number of nitrogens with zero attached hydrogens (tertiary/aromatic N) is 2. The number of ether oxygens (including phenoxy) is 1. The largest absolute Gasteiger partial charge is 0.394 e. The Morgan fingerprint density at radius 3 is 2.94 bits per heavy atom. The number of hydrogen-bond donors (Lipinski definition) is 2. The van der Waals surface area contributed by atoms with E-state index in [1.54, 1.807) is 0 Å². The van der Waals surface area contributed by atoms with E-state index in [0.717, 1.165) is 0 Å². The van der Waals surface area contributed by atoms with Crippen LogP contribution in [0.4, 0.5) is 5.69 Å². The average molecular weight is 228 g/mol. The Morgan fingerprint density at radius 1 is 1.69 bits per heavy atom. The highest BCUT2D eigenvalue weighted by molar-refractivity contribution is 5.26. The van der Waals surface area contributed by atoms with Gasteiger partial charge in [0.1, 0.15) is 12.3 Å². The molecule has 0 radical (unpaired) electrons. The van der Waals surface area contributed by atoms with Crippen molar-refractivity contribution in [3.63, 3.8) is 0 Å². The third-order valence-corrected chi connectivity index (χ3v) is 2.63. The molecule has 1 saturated heterocycles. The van der Waals surface area contributed by atoms with Gasteiger partial charge in [-0.1, -0.05) is 0 Å². The maximum Gasteiger partial charge on any atom is 0.286 e. The molecule has 0 saturated carbocycles. The second-order valence-electron chi connectivity index (χ2n) is 3.69. The molecule has 1 aliphatic rings. The van der Waals surface area contributed by atoms with Crippen LogP contribution in [0.15, 0.2) is 18.5 Å². The molecular weight excluding hydrogens is 216 g/mol. The van der Waals surface area contributed by atoms with Crippen LogP contribution >= 0.6 is 0 Å². The maximum atomic E-state index is 10.5. The lowest BCUT2D eigenvalue weighted by atomic mass is 10.2. The predicted molar refractivity (Wildman–Crippen MR) is 52.7 cm³/mol. The van der Waals surface area contributed by atoms with Gasteiger partial charge in [-0.2, -0.15) is 0 Å². The molecule has 3 atom stereocenters. The van der Waals surface area contributed by atoms with Crippen LogP contribution in [-0.4, -0.2) is 38.5 Å². The molecular formula is C9H12N2O5. The molecule has 88 valence electrons. The van der Waals surface area contributed by atoms with Crippen molar-refractivity contribution in [2.24, 2.45) is 0 Å². The highest BCUT2D eigenvalue weighted by Gasteiger charge is 2.34. The summed E-state index contributed by atoms with van der Waals surface area (Å²) in [6.07, 6.45) is 1.37. The lowest BCUT2D eigenvalue weighted by Gasteiger charge is -2.12. The fraction of sp³-hybridized carbons (Fsp3) is 0.556. The second kappa shape index (κ2) is 4.20. The van der Waals surface area contributed by atoms with Crippen molar-refractivity contribution in [2.75, 3.05) is 6.61 Å². The summed E-state index contributed by atoms with van der Waals surface area (Å²) in [5.74, 6) is 0. The van der Waals surface area contributed by atoms with Crippen LogP contribution in [0.3, 0.4) is 0 Å². The van der Waals surface area contributed by atoms with Crippen LogP contribution in [-0.2, 0) is 4.74 Å². The van der Waals surface area contributed by atoms with E-state index in [1.807, 2.05) is 0 Å². The zero-order chi connectivity index (χ0) is 11.7. The average Bonchev–Trinajstić information content (AvgIpc) is 2.83. The van der Waals surface area contributed by atoms with Gasteiger partial charge in [-0.25, -0.2) is 0 Å². The molecule has 1 aromatic heterocycles. The van der Waals surface area contributed by atoms with E-state index in [2.05, 4.69) is 0 Å². The minimum Gasteiger partial charge on any atom is -0.394 e. The Balaban J connectivity index is 2.11. The summed E-state index contributed by atoms with van der Waals surface area (Å²) in [6.45, 7) is -0.263. The van der Waals surface area contributed by atoms with Crippen LogP contribution in [0.1, 0.15) is 12.6 Å². The molecule has 7 heteroatoms. The molecule has 2 rings (SSSR count). The molecule has 2 N–H and O–H groups in total. The van der Waals surface area contributed by atoms with E-state index in [-0.39, 0.29) is 12.3 Å². The Kier molecular flexibility index (Phi) is 2.90. The molecule has 1 aliphatic heterocycles. The smallest absolute Gasteiger partial charge is 0.286 e. The van der Waals surface area contributed by atoms with Crippen molar-refractivity contribution in [1.29, 1.82) is 0 Å². The van der Waals surface area contributed by atoms with Gasteiger partial charge in [0.05, 0.1) is 23.8 Å². The van der Waals surface area contributed by atoms with Crippen LogP contribution in [0.2, 0.25) is 0 Å². The SMILES string of the molecule is O=[N+]([O-])c1ccn([C@@H]2C[C@H](O)[C@@H](CO)O2)c1. The molecule has 1 fully saturated rings. The van der Waals surface area contributed by atoms with Gasteiger partial charge in [0, 0.05) is 18.7 Å². The first kappa shape index (κ1) is 11.1. The number of hydrogen-bond acceptors (Lipinski definition) is 5. The van der Waals surface area contributed by atoms with Crippen molar-refractivity contribution >= 4 is 5.69 Å². The summed E-state index contributed by atoms with van der Waals surface area (Å²) in [5.41, 5.74) is -0.0226. The lowest BCUT2D eigenvalue weighted by Crippen LogP contribution is -2.24. The van der Waals surface area contributed by atoms with E-state index in [4.69, 9.17) is 9.84 Å². The first-order valence-corrected chi connectivity index (χ1v) is 4.88. The van der Waals surface area contributed by atoms with Gasteiger partial charge in [0.2, 0.25) is 0 Å². The molecule has 0 aromatic carbocycles. The fourth-order valence-corrected chi connectivity index (χ4v) is 1.75. The summed E-state index contributed by atoms with van der Waals surface area (Å²) in [6, 6.07) is 1.36. The maximum absolute atomic E-state index is 10.5. The van der Waals surface area contributed by atoms with E-state index >= 15 is 0 Å². The summed E-state index contributed by atoms with van der Waals surface area (Å²) in [5, 5.41) is 28.9. The number of aliphatic hydroxyl groups is 2. The van der Waals surface area contributed by atoms with Crippen LogP contribution in [0, 0.1) is 10.1 Å². The Hall–Kier alpha value is -1.44.